The summed E-state index contributed by atoms with van der Waals surface area (Å²) < 4.78 is 7.98. The fraction of sp³-hybridized carbons (Fsp3) is 0.300. The largest absolute Gasteiger partial charge is 0.366 e. The molecule has 5 rings (SSSR count). The minimum atomic E-state index is -0.462. The normalized spacial score (nSPS) is 18.2. The van der Waals surface area contributed by atoms with Gasteiger partial charge in [-0.15, -0.1) is 10.2 Å². The molecule has 3 aromatic heterocycles. The summed E-state index contributed by atoms with van der Waals surface area (Å²) in [6.45, 7) is 2.35. The highest BCUT2D eigenvalue weighted by atomic mass is 79.9. The third-order valence-corrected chi connectivity index (χ3v) is 6.61. The number of carbonyl (C=O) groups excluding carboxylic acids is 1. The SMILES string of the molecule is CNC(=O)[C@H]1C[C@H](Nc2ncc3c(Br)nn(-c4ccc(-c5nnc(C)s5)cc4)c3n2)CO1. The van der Waals surface area contributed by atoms with Crippen LogP contribution in [-0.2, 0) is 9.53 Å². The minimum absolute atomic E-state index is 0.0517. The van der Waals surface area contributed by atoms with Gasteiger partial charge >= 0.3 is 0 Å². The van der Waals surface area contributed by atoms with Crippen LogP contribution in [0.3, 0.4) is 0 Å². The van der Waals surface area contributed by atoms with Gasteiger partial charge in [0.15, 0.2) is 5.65 Å². The number of fused-ring (bicyclic) bond motifs is 1. The van der Waals surface area contributed by atoms with Gasteiger partial charge in [-0.3, -0.25) is 4.79 Å². The van der Waals surface area contributed by atoms with E-state index in [1.54, 1.807) is 29.3 Å². The Labute approximate surface area is 195 Å². The minimum Gasteiger partial charge on any atom is -0.366 e. The van der Waals surface area contributed by atoms with Crippen LogP contribution in [0.1, 0.15) is 11.4 Å². The van der Waals surface area contributed by atoms with Gasteiger partial charge < -0.3 is 15.4 Å². The van der Waals surface area contributed by atoms with E-state index in [-0.39, 0.29) is 11.9 Å². The van der Waals surface area contributed by atoms with Crippen molar-refractivity contribution in [2.75, 3.05) is 19.0 Å². The Morgan fingerprint density at radius 1 is 1.28 bits per heavy atom. The number of likely N-dealkylation sites (N-methyl/N-ethyl adjacent to an activating group) is 1. The topological polar surface area (TPSA) is 120 Å². The van der Waals surface area contributed by atoms with Crippen molar-refractivity contribution in [1.82, 2.24) is 35.3 Å². The zero-order valence-electron chi connectivity index (χ0n) is 17.2. The Morgan fingerprint density at radius 2 is 2.09 bits per heavy atom. The van der Waals surface area contributed by atoms with Crippen molar-refractivity contribution in [3.05, 3.63) is 40.1 Å². The average Bonchev–Trinajstić information content (AvgIpc) is 3.53. The number of benzene rings is 1. The third-order valence-electron chi connectivity index (χ3n) is 5.13. The van der Waals surface area contributed by atoms with Gasteiger partial charge in [0.25, 0.3) is 0 Å². The summed E-state index contributed by atoms with van der Waals surface area (Å²) in [7, 11) is 1.60. The van der Waals surface area contributed by atoms with Crippen LogP contribution in [0.5, 0.6) is 0 Å². The van der Waals surface area contributed by atoms with E-state index in [4.69, 9.17) is 4.74 Å². The fourth-order valence-corrected chi connectivity index (χ4v) is 4.67. The number of aromatic nitrogens is 6. The molecule has 0 spiro atoms. The molecule has 1 amide bonds. The molecule has 32 heavy (non-hydrogen) atoms. The van der Waals surface area contributed by atoms with E-state index in [1.807, 2.05) is 31.2 Å². The lowest BCUT2D eigenvalue weighted by Gasteiger charge is -2.11. The van der Waals surface area contributed by atoms with Crippen molar-refractivity contribution in [2.45, 2.75) is 25.5 Å². The molecule has 2 N–H and O–H groups in total. The van der Waals surface area contributed by atoms with Crippen LogP contribution >= 0.6 is 27.3 Å². The average molecular weight is 515 g/mol. The molecule has 164 valence electrons. The molecule has 1 aliphatic rings. The lowest BCUT2D eigenvalue weighted by Crippen LogP contribution is -2.32. The van der Waals surface area contributed by atoms with E-state index in [9.17, 15) is 4.79 Å². The number of hydrogen-bond acceptors (Lipinski definition) is 9. The number of hydrogen-bond donors (Lipinski definition) is 2. The predicted octanol–water partition coefficient (Wildman–Crippen LogP) is 2.72. The summed E-state index contributed by atoms with van der Waals surface area (Å²) in [5.74, 6) is 0.332. The lowest BCUT2D eigenvalue weighted by atomic mass is 10.2. The molecular weight excluding hydrogens is 496 g/mol. The number of ether oxygens (including phenoxy) is 1. The summed E-state index contributed by atoms with van der Waals surface area (Å²) in [6.07, 6.45) is 1.82. The molecule has 1 aromatic carbocycles. The van der Waals surface area contributed by atoms with Gasteiger partial charge in [0.2, 0.25) is 11.9 Å². The van der Waals surface area contributed by atoms with Crippen molar-refractivity contribution in [3.63, 3.8) is 0 Å². The van der Waals surface area contributed by atoms with Gasteiger partial charge in [0.1, 0.15) is 20.7 Å². The van der Waals surface area contributed by atoms with Crippen LogP contribution in [0.25, 0.3) is 27.3 Å². The summed E-state index contributed by atoms with van der Waals surface area (Å²) in [4.78, 5) is 20.9. The summed E-state index contributed by atoms with van der Waals surface area (Å²) in [6, 6.07) is 7.87. The lowest BCUT2D eigenvalue weighted by molar-refractivity contribution is -0.129. The number of aryl methyl sites for hydroxylation is 1. The highest BCUT2D eigenvalue weighted by molar-refractivity contribution is 9.10. The predicted molar refractivity (Wildman–Crippen MR) is 124 cm³/mol. The summed E-state index contributed by atoms with van der Waals surface area (Å²) in [5.41, 5.74) is 2.52. The zero-order valence-corrected chi connectivity index (χ0v) is 19.6. The van der Waals surface area contributed by atoms with Crippen LogP contribution in [0.15, 0.2) is 35.1 Å². The van der Waals surface area contributed by atoms with Crippen molar-refractivity contribution in [3.8, 4) is 16.3 Å². The molecule has 0 aliphatic carbocycles. The molecule has 2 atom stereocenters. The van der Waals surface area contributed by atoms with Crippen LogP contribution in [0, 0.1) is 6.92 Å². The first-order chi connectivity index (χ1) is 15.5. The highest BCUT2D eigenvalue weighted by Crippen LogP contribution is 2.28. The maximum atomic E-state index is 11.8. The number of anilines is 1. The molecule has 0 unspecified atom stereocenters. The second-order valence-electron chi connectivity index (χ2n) is 7.32. The third kappa shape index (κ3) is 3.96. The first-order valence-corrected chi connectivity index (χ1v) is 11.5. The van der Waals surface area contributed by atoms with E-state index in [0.717, 1.165) is 26.7 Å². The van der Waals surface area contributed by atoms with Gasteiger partial charge in [0.05, 0.1) is 23.7 Å². The molecule has 0 saturated carbocycles. The summed E-state index contributed by atoms with van der Waals surface area (Å²) >= 11 is 5.05. The van der Waals surface area contributed by atoms with Crippen molar-refractivity contribution in [1.29, 1.82) is 0 Å². The zero-order chi connectivity index (χ0) is 22.2. The molecule has 12 heteroatoms. The number of nitrogens with zero attached hydrogens (tertiary/aromatic N) is 6. The van der Waals surface area contributed by atoms with E-state index < -0.39 is 6.10 Å². The Morgan fingerprint density at radius 3 is 2.81 bits per heavy atom. The van der Waals surface area contributed by atoms with Crippen molar-refractivity contribution < 1.29 is 9.53 Å². The highest BCUT2D eigenvalue weighted by Gasteiger charge is 2.30. The quantitative estimate of drug-likeness (QED) is 0.417. The summed E-state index contributed by atoms with van der Waals surface area (Å²) in [5, 5.41) is 21.3. The van der Waals surface area contributed by atoms with Gasteiger partial charge in [-0.05, 0) is 47.1 Å². The second kappa shape index (κ2) is 8.52. The molecule has 0 radical (unpaired) electrons. The Balaban J connectivity index is 1.41. The van der Waals surface area contributed by atoms with E-state index in [0.29, 0.717) is 29.2 Å². The number of rotatable bonds is 5. The molecule has 1 aliphatic heterocycles. The number of nitrogens with one attached hydrogen (secondary N) is 2. The van der Waals surface area contributed by atoms with E-state index in [1.165, 1.54) is 0 Å². The van der Waals surface area contributed by atoms with Crippen LogP contribution < -0.4 is 10.6 Å². The molecule has 1 saturated heterocycles. The second-order valence-corrected chi connectivity index (χ2v) is 9.25. The van der Waals surface area contributed by atoms with Crippen LogP contribution in [0.4, 0.5) is 5.95 Å². The van der Waals surface area contributed by atoms with E-state index >= 15 is 0 Å². The number of carbonyl (C=O) groups is 1. The maximum absolute atomic E-state index is 11.8. The van der Waals surface area contributed by atoms with Crippen molar-refractivity contribution >= 4 is 50.2 Å². The van der Waals surface area contributed by atoms with Gasteiger partial charge in [-0.25, -0.2) is 9.67 Å². The standard InChI is InChI=1S/C20H19BrN8O2S/c1-10-26-27-19(32-10)11-3-5-13(6-4-11)29-17-14(16(21)28-29)8-23-20(25-17)24-12-7-15(31-9-12)18(30)22-2/h3-6,8,12,15H,7,9H2,1-2H3,(H,22,30)(H,23,24,25)/t12-,15+/m0/s1. The van der Waals surface area contributed by atoms with E-state index in [2.05, 4.69) is 51.8 Å². The maximum Gasteiger partial charge on any atom is 0.248 e. The Bertz CT molecular complexity index is 1290. The molecule has 4 heterocycles. The van der Waals surface area contributed by atoms with Crippen LogP contribution in [0.2, 0.25) is 0 Å². The van der Waals surface area contributed by atoms with Gasteiger partial charge in [0, 0.05) is 25.2 Å². The Kier molecular flexibility index (Phi) is 5.57. The Hall–Kier alpha value is -2.96. The smallest absolute Gasteiger partial charge is 0.248 e. The first kappa shape index (κ1) is 20.9. The molecule has 1 fully saturated rings. The van der Waals surface area contributed by atoms with Gasteiger partial charge in [-0.1, -0.05) is 11.3 Å². The molecule has 4 aromatic rings. The van der Waals surface area contributed by atoms with Crippen molar-refractivity contribution in [2.24, 2.45) is 0 Å². The molecule has 10 nitrogen and oxygen atoms in total. The monoisotopic (exact) mass is 514 g/mol. The number of amides is 1. The number of halogens is 1. The van der Waals surface area contributed by atoms with Crippen LogP contribution in [-0.4, -0.2) is 61.7 Å². The van der Waals surface area contributed by atoms with Gasteiger partial charge in [-0.2, -0.15) is 10.1 Å². The first-order valence-electron chi connectivity index (χ1n) is 9.93. The molecule has 0 bridgehead atoms. The molecular formula is C20H19BrN8O2S. The fourth-order valence-electron chi connectivity index (χ4n) is 3.53.